The Morgan fingerprint density at radius 1 is 1.37 bits per heavy atom. The topological polar surface area (TPSA) is 80.6 Å². The summed E-state index contributed by atoms with van der Waals surface area (Å²) in [5.41, 5.74) is 1.70. The molecule has 3 heterocycles. The Morgan fingerprint density at radius 3 is 2.83 bits per heavy atom. The van der Waals surface area contributed by atoms with Gasteiger partial charge in [-0.1, -0.05) is 19.4 Å². The number of methoxy groups -OCH3 is 3. The molecule has 3 aliphatic rings. The molecule has 30 heavy (non-hydrogen) atoms. The van der Waals surface area contributed by atoms with Crippen LogP contribution < -0.4 is 4.74 Å². The van der Waals surface area contributed by atoms with Gasteiger partial charge in [0.15, 0.2) is 0 Å². The van der Waals surface area contributed by atoms with Crippen LogP contribution in [0, 0.1) is 11.8 Å². The maximum Gasteiger partial charge on any atom is 0.337 e. The minimum atomic E-state index is -1.14. The van der Waals surface area contributed by atoms with E-state index < -0.39 is 5.60 Å². The highest BCUT2D eigenvalue weighted by Crippen LogP contribution is 2.51. The number of carbonyl (C=O) groups excluding carboxylic acids is 1. The molecule has 2 unspecified atom stereocenters. The van der Waals surface area contributed by atoms with Crippen molar-refractivity contribution < 1.29 is 24.1 Å². The van der Waals surface area contributed by atoms with Crippen LogP contribution in [0.3, 0.4) is 0 Å². The number of ether oxygens (including phenoxy) is 3. The Labute approximate surface area is 177 Å². The molecule has 4 atom stereocenters. The maximum absolute atomic E-state index is 12.5. The van der Waals surface area contributed by atoms with E-state index in [0.717, 1.165) is 36.5 Å². The van der Waals surface area contributed by atoms with E-state index in [-0.39, 0.29) is 17.9 Å². The molecule has 162 valence electrons. The van der Waals surface area contributed by atoms with Gasteiger partial charge in [-0.15, -0.1) is 0 Å². The van der Waals surface area contributed by atoms with Crippen LogP contribution in [0.1, 0.15) is 31.7 Å². The summed E-state index contributed by atoms with van der Waals surface area (Å²) >= 11 is 0. The molecular weight excluding hydrogens is 384 g/mol. The lowest BCUT2D eigenvalue weighted by Gasteiger charge is -2.50. The summed E-state index contributed by atoms with van der Waals surface area (Å²) < 4.78 is 15.8. The van der Waals surface area contributed by atoms with Crippen molar-refractivity contribution in [2.75, 3.05) is 34.4 Å². The number of rotatable bonds is 5. The smallest absolute Gasteiger partial charge is 0.337 e. The van der Waals surface area contributed by atoms with E-state index in [1.165, 1.54) is 13.4 Å². The first-order chi connectivity index (χ1) is 14.5. The minimum absolute atomic E-state index is 0.0284. The number of piperidine rings is 2. The number of aliphatic imine (C=N–C) groups is 1. The van der Waals surface area contributed by atoms with E-state index in [9.17, 15) is 9.90 Å². The zero-order chi connectivity index (χ0) is 21.5. The lowest BCUT2D eigenvalue weighted by atomic mass is 9.70. The zero-order valence-corrected chi connectivity index (χ0v) is 18.1. The third-order valence-corrected chi connectivity index (χ3v) is 6.92. The predicted molar refractivity (Wildman–Crippen MR) is 113 cm³/mol. The Morgan fingerprint density at radius 2 is 2.17 bits per heavy atom. The van der Waals surface area contributed by atoms with Gasteiger partial charge >= 0.3 is 5.97 Å². The summed E-state index contributed by atoms with van der Waals surface area (Å²) in [7, 11) is 4.56. The summed E-state index contributed by atoms with van der Waals surface area (Å²) in [6.07, 6.45) is 3.71. The molecule has 0 amide bonds. The molecule has 3 aliphatic heterocycles. The lowest BCUT2D eigenvalue weighted by Crippen LogP contribution is -2.60. The summed E-state index contributed by atoms with van der Waals surface area (Å²) in [4.78, 5) is 19.8. The fraction of sp³-hybridized carbons (Fsp3) is 0.565. The van der Waals surface area contributed by atoms with Crippen LogP contribution in [0.25, 0.3) is 0 Å². The molecule has 7 heteroatoms. The Bertz CT molecular complexity index is 896. The van der Waals surface area contributed by atoms with E-state index in [1.54, 1.807) is 14.2 Å². The summed E-state index contributed by atoms with van der Waals surface area (Å²) in [5, 5.41) is 11.8. The number of esters is 1. The number of nitrogens with zero attached hydrogens (tertiary/aromatic N) is 2. The molecule has 0 radical (unpaired) electrons. The first-order valence-corrected chi connectivity index (χ1v) is 10.5. The fourth-order valence-electron chi connectivity index (χ4n) is 5.45. The van der Waals surface area contributed by atoms with Crippen molar-refractivity contribution in [2.24, 2.45) is 16.8 Å². The number of fused-ring (bicyclic) bond motifs is 5. The maximum atomic E-state index is 12.5. The Hall–Kier alpha value is -2.38. The van der Waals surface area contributed by atoms with E-state index in [1.807, 2.05) is 18.2 Å². The first kappa shape index (κ1) is 20.9. The molecule has 1 aromatic carbocycles. The van der Waals surface area contributed by atoms with Crippen molar-refractivity contribution in [3.63, 3.8) is 0 Å². The lowest BCUT2D eigenvalue weighted by molar-refractivity contribution is -0.137. The van der Waals surface area contributed by atoms with E-state index >= 15 is 0 Å². The molecule has 0 saturated carbocycles. The van der Waals surface area contributed by atoms with Crippen molar-refractivity contribution in [2.45, 2.75) is 37.8 Å². The highest BCUT2D eigenvalue weighted by Gasteiger charge is 2.54. The average Bonchev–Trinajstić information content (AvgIpc) is 3.09. The zero-order valence-electron chi connectivity index (χ0n) is 18.1. The molecule has 0 bridgehead atoms. The SMILES string of the molecule is CCC1CN2CC[C@@]3(O)C(=Nc4cccc(OC)c43)[C@@H]2CC1/C(=C\OC)C(=O)OC. The Balaban J connectivity index is 1.72. The monoisotopic (exact) mass is 414 g/mol. The number of hydrogen-bond donors (Lipinski definition) is 1. The van der Waals surface area contributed by atoms with Gasteiger partial charge in [-0.3, -0.25) is 9.89 Å². The van der Waals surface area contributed by atoms with Crippen molar-refractivity contribution in [3.8, 4) is 5.75 Å². The second kappa shape index (κ2) is 8.04. The van der Waals surface area contributed by atoms with Gasteiger partial charge in [0.1, 0.15) is 11.4 Å². The normalized spacial score (nSPS) is 30.6. The van der Waals surface area contributed by atoms with Crippen LogP contribution in [-0.4, -0.2) is 62.1 Å². The van der Waals surface area contributed by atoms with Crippen LogP contribution in [0.2, 0.25) is 0 Å². The van der Waals surface area contributed by atoms with Crippen LogP contribution in [0.4, 0.5) is 5.69 Å². The molecule has 4 rings (SSSR count). The van der Waals surface area contributed by atoms with Gasteiger partial charge in [-0.2, -0.15) is 0 Å². The Kier molecular flexibility index (Phi) is 5.59. The molecule has 2 fully saturated rings. The highest BCUT2D eigenvalue weighted by molar-refractivity contribution is 6.05. The molecule has 0 spiro atoms. The second-order valence-electron chi connectivity index (χ2n) is 8.28. The van der Waals surface area contributed by atoms with E-state index in [4.69, 9.17) is 19.2 Å². The second-order valence-corrected chi connectivity index (χ2v) is 8.28. The van der Waals surface area contributed by atoms with Crippen molar-refractivity contribution in [3.05, 3.63) is 35.6 Å². The summed E-state index contributed by atoms with van der Waals surface area (Å²) in [5.74, 6) is 0.569. The van der Waals surface area contributed by atoms with Gasteiger partial charge in [0.25, 0.3) is 0 Å². The van der Waals surface area contributed by atoms with E-state index in [0.29, 0.717) is 30.1 Å². The van der Waals surface area contributed by atoms with Crippen LogP contribution in [0.5, 0.6) is 5.75 Å². The quantitative estimate of drug-likeness (QED) is 0.453. The predicted octanol–water partition coefficient (Wildman–Crippen LogP) is 2.79. The van der Waals surface area contributed by atoms with Gasteiger partial charge in [-0.25, -0.2) is 4.79 Å². The molecule has 2 saturated heterocycles. The van der Waals surface area contributed by atoms with Gasteiger partial charge in [0, 0.05) is 13.1 Å². The largest absolute Gasteiger partial charge is 0.504 e. The third kappa shape index (κ3) is 3.11. The number of benzene rings is 1. The number of hydrogen-bond acceptors (Lipinski definition) is 7. The average molecular weight is 415 g/mol. The fourth-order valence-corrected chi connectivity index (χ4v) is 5.45. The molecule has 1 N–H and O–H groups in total. The van der Waals surface area contributed by atoms with Gasteiger partial charge in [0.05, 0.1) is 56.2 Å². The number of carbonyl (C=O) groups is 1. The van der Waals surface area contributed by atoms with Crippen LogP contribution >= 0.6 is 0 Å². The minimum Gasteiger partial charge on any atom is -0.504 e. The van der Waals surface area contributed by atoms with Crippen LogP contribution in [-0.2, 0) is 19.9 Å². The van der Waals surface area contributed by atoms with E-state index in [2.05, 4.69) is 11.8 Å². The molecular formula is C23H30N2O5. The van der Waals surface area contributed by atoms with Crippen molar-refractivity contribution in [1.29, 1.82) is 0 Å². The highest BCUT2D eigenvalue weighted by atomic mass is 16.5. The van der Waals surface area contributed by atoms with Crippen LogP contribution in [0.15, 0.2) is 35.0 Å². The molecule has 0 aliphatic carbocycles. The third-order valence-electron chi connectivity index (χ3n) is 6.92. The van der Waals surface area contributed by atoms with Gasteiger partial charge in [-0.05, 0) is 36.8 Å². The summed E-state index contributed by atoms with van der Waals surface area (Å²) in [6.45, 7) is 3.75. The van der Waals surface area contributed by atoms with Crippen molar-refractivity contribution >= 4 is 17.4 Å². The van der Waals surface area contributed by atoms with Crippen molar-refractivity contribution in [1.82, 2.24) is 4.90 Å². The summed E-state index contributed by atoms with van der Waals surface area (Å²) in [6, 6.07) is 5.63. The first-order valence-electron chi connectivity index (χ1n) is 10.5. The molecule has 1 aromatic rings. The van der Waals surface area contributed by atoms with Gasteiger partial charge < -0.3 is 19.3 Å². The molecule has 0 aromatic heterocycles. The standard InChI is InChI=1S/C23H30N2O5/c1-5-14-12-25-10-9-23(27)20-17(7-6-8-19(20)29-3)24-21(23)18(25)11-15(14)16(13-28-2)22(26)30-4/h6-8,13-15,18,27H,5,9-12H2,1-4H3/b16-13+/t14?,15?,18-,23-/m0/s1. The number of aliphatic hydroxyl groups is 1. The molecule has 7 nitrogen and oxygen atoms in total. The van der Waals surface area contributed by atoms with Gasteiger partial charge in [0.2, 0.25) is 0 Å².